The van der Waals surface area contributed by atoms with Crippen molar-refractivity contribution in [1.82, 2.24) is 5.32 Å². The van der Waals surface area contributed by atoms with E-state index in [0.29, 0.717) is 9.26 Å². The molecule has 0 aliphatic heterocycles. The van der Waals surface area contributed by atoms with Crippen molar-refractivity contribution in [3.8, 4) is 11.1 Å². The number of carbonyl (C=O) groups is 3. The smallest absolute Gasteiger partial charge is 0.411 e. The fraction of sp³-hybridized carbons (Fsp3) is 0.182. The number of carboxylic acid groups (broad SMARTS) is 1. The number of rotatable bonds is 10. The molecule has 8 nitrogen and oxygen atoms in total. The van der Waals surface area contributed by atoms with Crippen molar-refractivity contribution in [2.45, 2.75) is 31.6 Å². The normalized spacial score (nSPS) is 13.4. The highest BCUT2D eigenvalue weighted by atomic mass is 127. The molecule has 3 N–H and O–H groups in total. The van der Waals surface area contributed by atoms with E-state index in [9.17, 15) is 19.5 Å². The van der Waals surface area contributed by atoms with Gasteiger partial charge in [-0.1, -0.05) is 78.9 Å². The standard InChI is InChI=1S/C33H29IN2O6/c1-20(41-18-21-9-3-2-4-10-21)30(32(38)39)36-31(37)22-15-23(34)17-24(16-22)35-33(40)42-19-29-27-13-7-5-11-25(27)26-12-6-8-14-28(26)29/h2-17,20,29-30H,18-19H2,1H3,(H,35,40)(H,36,37)(H,38,39)/t20-,30+/m1/s1. The molecule has 0 heterocycles. The molecule has 0 spiro atoms. The van der Waals surface area contributed by atoms with Crippen LogP contribution in [0, 0.1) is 3.57 Å². The van der Waals surface area contributed by atoms with Gasteiger partial charge in [0.2, 0.25) is 0 Å². The van der Waals surface area contributed by atoms with Gasteiger partial charge in [-0.15, -0.1) is 0 Å². The molecule has 1 aliphatic rings. The minimum absolute atomic E-state index is 0.0838. The van der Waals surface area contributed by atoms with Crippen LogP contribution in [0.5, 0.6) is 0 Å². The second-order valence-corrected chi connectivity index (χ2v) is 11.2. The molecule has 42 heavy (non-hydrogen) atoms. The predicted molar refractivity (Wildman–Crippen MR) is 167 cm³/mol. The van der Waals surface area contributed by atoms with E-state index in [0.717, 1.165) is 27.8 Å². The molecule has 0 fully saturated rings. The van der Waals surface area contributed by atoms with Crippen LogP contribution >= 0.6 is 22.6 Å². The minimum Gasteiger partial charge on any atom is -0.480 e. The Balaban J connectivity index is 1.21. The van der Waals surface area contributed by atoms with Crippen LogP contribution in [0.15, 0.2) is 97.1 Å². The summed E-state index contributed by atoms with van der Waals surface area (Å²) in [5, 5.41) is 15.0. The molecule has 9 heteroatoms. The monoisotopic (exact) mass is 676 g/mol. The van der Waals surface area contributed by atoms with Gasteiger partial charge in [-0.2, -0.15) is 0 Å². The lowest BCUT2D eigenvalue weighted by Gasteiger charge is -2.22. The lowest BCUT2D eigenvalue weighted by atomic mass is 9.98. The maximum Gasteiger partial charge on any atom is 0.411 e. The second-order valence-electron chi connectivity index (χ2n) is 9.97. The quantitative estimate of drug-likeness (QED) is 0.167. The van der Waals surface area contributed by atoms with Gasteiger partial charge in [0.05, 0.1) is 12.7 Å². The molecule has 0 saturated heterocycles. The van der Waals surface area contributed by atoms with Crippen molar-refractivity contribution < 1.29 is 29.0 Å². The van der Waals surface area contributed by atoms with Crippen LogP contribution in [0.2, 0.25) is 0 Å². The summed E-state index contributed by atoms with van der Waals surface area (Å²) in [5.74, 6) is -1.90. The summed E-state index contributed by atoms with van der Waals surface area (Å²) in [6.07, 6.45) is -1.45. The zero-order valence-corrected chi connectivity index (χ0v) is 24.9. The SMILES string of the molecule is C[C@@H](OCc1ccccc1)[C@H](NC(=O)c1cc(I)cc(NC(=O)OCC2c3ccccc3-c3ccccc32)c1)C(=O)O. The number of carboxylic acids is 1. The largest absolute Gasteiger partial charge is 0.480 e. The summed E-state index contributed by atoms with van der Waals surface area (Å²) in [4.78, 5) is 37.8. The van der Waals surface area contributed by atoms with Gasteiger partial charge in [-0.05, 0) is 75.5 Å². The van der Waals surface area contributed by atoms with Gasteiger partial charge in [0.15, 0.2) is 6.04 Å². The summed E-state index contributed by atoms with van der Waals surface area (Å²) < 4.78 is 12.0. The van der Waals surface area contributed by atoms with Crippen molar-refractivity contribution in [3.63, 3.8) is 0 Å². The summed E-state index contributed by atoms with van der Waals surface area (Å²) in [6, 6.07) is 29.0. The molecule has 0 bridgehead atoms. The summed E-state index contributed by atoms with van der Waals surface area (Å²) in [6.45, 7) is 1.96. The number of nitrogens with one attached hydrogen (secondary N) is 2. The Kier molecular flexibility index (Phi) is 9.19. The van der Waals surface area contributed by atoms with E-state index in [1.807, 2.05) is 89.3 Å². The van der Waals surface area contributed by atoms with Gasteiger partial charge in [-0.25, -0.2) is 9.59 Å². The van der Waals surface area contributed by atoms with E-state index in [1.165, 1.54) is 6.07 Å². The number of fused-ring (bicyclic) bond motifs is 3. The van der Waals surface area contributed by atoms with Gasteiger partial charge in [0.25, 0.3) is 5.91 Å². The number of aliphatic carboxylic acids is 1. The molecule has 4 aromatic rings. The first-order valence-corrected chi connectivity index (χ1v) is 14.5. The van der Waals surface area contributed by atoms with Crippen LogP contribution in [0.4, 0.5) is 10.5 Å². The molecule has 0 unspecified atom stereocenters. The van der Waals surface area contributed by atoms with E-state index in [4.69, 9.17) is 9.47 Å². The molecule has 4 aromatic carbocycles. The molecule has 214 valence electrons. The Morgan fingerprint density at radius 3 is 2.14 bits per heavy atom. The number of amides is 2. The van der Waals surface area contributed by atoms with Crippen LogP contribution in [0.3, 0.4) is 0 Å². The van der Waals surface area contributed by atoms with Gasteiger partial charge >= 0.3 is 12.1 Å². The van der Waals surface area contributed by atoms with Gasteiger partial charge in [0.1, 0.15) is 6.61 Å². The number of anilines is 1. The first kappa shape index (κ1) is 29.3. The lowest BCUT2D eigenvalue weighted by molar-refractivity contribution is -0.143. The number of carbonyl (C=O) groups excluding carboxylic acids is 2. The van der Waals surface area contributed by atoms with E-state index in [-0.39, 0.29) is 24.7 Å². The fourth-order valence-corrected chi connectivity index (χ4v) is 5.72. The molecular weight excluding hydrogens is 647 g/mol. The number of ether oxygens (including phenoxy) is 2. The topological polar surface area (TPSA) is 114 Å². The Morgan fingerprint density at radius 2 is 1.50 bits per heavy atom. The van der Waals surface area contributed by atoms with E-state index in [1.54, 1.807) is 19.1 Å². The number of benzene rings is 4. The Morgan fingerprint density at radius 1 is 0.881 bits per heavy atom. The van der Waals surface area contributed by atoms with Crippen LogP contribution in [0.25, 0.3) is 11.1 Å². The van der Waals surface area contributed by atoms with Crippen molar-refractivity contribution in [1.29, 1.82) is 0 Å². The summed E-state index contributed by atoms with van der Waals surface area (Å²) in [5.41, 5.74) is 5.91. The second kappa shape index (κ2) is 13.2. The van der Waals surface area contributed by atoms with Gasteiger partial charge in [0, 0.05) is 20.7 Å². The zero-order chi connectivity index (χ0) is 29.6. The summed E-state index contributed by atoms with van der Waals surface area (Å²) >= 11 is 2.03. The lowest BCUT2D eigenvalue weighted by Crippen LogP contribution is -2.48. The van der Waals surface area contributed by atoms with Crippen molar-refractivity contribution in [2.75, 3.05) is 11.9 Å². The molecule has 2 atom stereocenters. The highest BCUT2D eigenvalue weighted by Gasteiger charge is 2.30. The molecule has 0 saturated carbocycles. The first-order chi connectivity index (χ1) is 20.3. The molecule has 5 rings (SSSR count). The Hall–Kier alpha value is -4.22. The van der Waals surface area contributed by atoms with Crippen molar-refractivity contribution in [3.05, 3.63) is 123 Å². The fourth-order valence-electron chi connectivity index (χ4n) is 5.05. The highest BCUT2D eigenvalue weighted by Crippen LogP contribution is 2.44. The maximum atomic E-state index is 13.1. The number of hydrogen-bond acceptors (Lipinski definition) is 5. The van der Waals surface area contributed by atoms with Crippen LogP contribution in [-0.4, -0.2) is 41.8 Å². The molecule has 0 radical (unpaired) electrons. The third kappa shape index (κ3) is 6.80. The molecule has 1 aliphatic carbocycles. The third-order valence-corrected chi connectivity index (χ3v) is 7.75. The van der Waals surface area contributed by atoms with Crippen LogP contribution < -0.4 is 10.6 Å². The molecular formula is C33H29IN2O6. The molecule has 0 aromatic heterocycles. The number of halogens is 1. The summed E-state index contributed by atoms with van der Waals surface area (Å²) in [7, 11) is 0. The first-order valence-electron chi connectivity index (χ1n) is 13.4. The van der Waals surface area contributed by atoms with Crippen LogP contribution in [0.1, 0.15) is 39.9 Å². The van der Waals surface area contributed by atoms with Gasteiger partial charge in [-0.3, -0.25) is 10.1 Å². The van der Waals surface area contributed by atoms with E-state index >= 15 is 0 Å². The van der Waals surface area contributed by atoms with E-state index in [2.05, 4.69) is 22.8 Å². The maximum absolute atomic E-state index is 13.1. The van der Waals surface area contributed by atoms with E-state index < -0.39 is 30.1 Å². The minimum atomic E-state index is -1.28. The average molecular weight is 677 g/mol. The Bertz CT molecular complexity index is 1560. The predicted octanol–water partition coefficient (Wildman–Crippen LogP) is 6.44. The van der Waals surface area contributed by atoms with Crippen molar-refractivity contribution in [2.24, 2.45) is 0 Å². The Labute approximate surface area is 257 Å². The molecule has 2 amide bonds. The highest BCUT2D eigenvalue weighted by molar-refractivity contribution is 14.1. The van der Waals surface area contributed by atoms with Crippen LogP contribution in [-0.2, 0) is 20.9 Å². The zero-order valence-electron chi connectivity index (χ0n) is 22.8. The number of hydrogen-bond donors (Lipinski definition) is 3. The third-order valence-electron chi connectivity index (χ3n) is 7.13. The van der Waals surface area contributed by atoms with Gasteiger partial charge < -0.3 is 19.9 Å². The average Bonchev–Trinajstić information content (AvgIpc) is 3.31. The van der Waals surface area contributed by atoms with Crippen molar-refractivity contribution >= 4 is 46.2 Å².